The Hall–Kier alpha value is -1.81. The van der Waals surface area contributed by atoms with Crippen molar-refractivity contribution in [2.45, 2.75) is 6.42 Å². The second-order valence-corrected chi connectivity index (χ2v) is 3.79. The van der Waals surface area contributed by atoms with Gasteiger partial charge in [0.1, 0.15) is 0 Å². The highest BCUT2D eigenvalue weighted by Gasteiger charge is 2.06. The molecule has 0 fully saturated rings. The van der Waals surface area contributed by atoms with Crippen molar-refractivity contribution < 1.29 is 9.53 Å². The predicted molar refractivity (Wildman–Crippen MR) is 65.7 cm³/mol. The molecule has 17 heavy (non-hydrogen) atoms. The van der Waals surface area contributed by atoms with Crippen molar-refractivity contribution in [2.24, 2.45) is 0 Å². The standard InChI is InChI=1S/C13H15N2O2/c1-17-7-6-14-13(16)9-11-8-10-4-2-3-5-12(10)15-11/h2-5,15H,6-7,9H2,1H3,(H,14,16). The summed E-state index contributed by atoms with van der Waals surface area (Å²) in [6.45, 7) is 1.07. The molecule has 0 unspecified atom stereocenters. The highest BCUT2D eigenvalue weighted by Crippen LogP contribution is 2.13. The largest absolute Gasteiger partial charge is 0.383 e. The molecule has 0 atom stereocenters. The topological polar surface area (TPSA) is 54.1 Å². The number of hydrogen-bond donors (Lipinski definition) is 2. The van der Waals surface area contributed by atoms with E-state index in [2.05, 4.69) is 16.4 Å². The minimum atomic E-state index is -0.0233. The van der Waals surface area contributed by atoms with Crippen molar-refractivity contribution >= 4 is 16.8 Å². The smallest absolute Gasteiger partial charge is 0.226 e. The fraction of sp³-hybridized carbons (Fsp3) is 0.308. The Labute approximate surface area is 100.0 Å². The molecule has 4 heteroatoms. The van der Waals surface area contributed by atoms with Crippen LogP contribution in [0.5, 0.6) is 0 Å². The summed E-state index contributed by atoms with van der Waals surface area (Å²) < 4.78 is 4.86. The Kier molecular flexibility index (Phi) is 3.77. The molecule has 0 aliphatic rings. The molecule has 4 nitrogen and oxygen atoms in total. The van der Waals surface area contributed by atoms with Gasteiger partial charge in [0.25, 0.3) is 0 Å². The number of amides is 1. The number of aromatic nitrogens is 1. The highest BCUT2D eigenvalue weighted by atomic mass is 16.5. The van der Waals surface area contributed by atoms with Crippen LogP contribution in [-0.4, -0.2) is 31.2 Å². The summed E-state index contributed by atoms with van der Waals surface area (Å²) in [5, 5.41) is 3.78. The van der Waals surface area contributed by atoms with Gasteiger partial charge in [-0.25, -0.2) is 0 Å². The Bertz CT molecular complexity index is 472. The summed E-state index contributed by atoms with van der Waals surface area (Å²) in [5.74, 6) is -0.0233. The van der Waals surface area contributed by atoms with Crippen LogP contribution in [0.1, 0.15) is 5.69 Å². The molecule has 2 aromatic rings. The predicted octanol–water partition coefficient (Wildman–Crippen LogP) is 1.27. The lowest BCUT2D eigenvalue weighted by Gasteiger charge is -2.02. The number of methoxy groups -OCH3 is 1. The molecular formula is C13H15N2O2. The first-order valence-electron chi connectivity index (χ1n) is 5.54. The van der Waals surface area contributed by atoms with Crippen molar-refractivity contribution in [1.29, 1.82) is 0 Å². The second kappa shape index (κ2) is 5.50. The summed E-state index contributed by atoms with van der Waals surface area (Å²) in [6, 6.07) is 11.0. The number of ether oxygens (including phenoxy) is 1. The van der Waals surface area contributed by atoms with Gasteiger partial charge in [-0.15, -0.1) is 0 Å². The van der Waals surface area contributed by atoms with Crippen LogP contribution in [0.4, 0.5) is 0 Å². The Balaban J connectivity index is 1.96. The Morgan fingerprint density at radius 1 is 1.47 bits per heavy atom. The van der Waals surface area contributed by atoms with Gasteiger partial charge >= 0.3 is 0 Å². The van der Waals surface area contributed by atoms with Crippen LogP contribution in [0.2, 0.25) is 0 Å². The first-order chi connectivity index (χ1) is 8.29. The normalized spacial score (nSPS) is 10.6. The number of aromatic amines is 1. The third-order valence-corrected chi connectivity index (χ3v) is 2.46. The molecule has 2 rings (SSSR count). The Morgan fingerprint density at radius 2 is 2.29 bits per heavy atom. The van der Waals surface area contributed by atoms with E-state index in [1.807, 2.05) is 24.3 Å². The number of para-hydroxylation sites is 1. The fourth-order valence-corrected chi connectivity index (χ4v) is 1.66. The van der Waals surface area contributed by atoms with E-state index in [4.69, 9.17) is 4.74 Å². The van der Waals surface area contributed by atoms with Gasteiger partial charge in [0, 0.05) is 36.3 Å². The lowest BCUT2D eigenvalue weighted by atomic mass is 10.2. The van der Waals surface area contributed by atoms with Crippen molar-refractivity contribution in [3.63, 3.8) is 0 Å². The molecule has 2 N–H and O–H groups in total. The molecule has 0 spiro atoms. The number of hydrogen-bond acceptors (Lipinski definition) is 2. The number of carbonyl (C=O) groups is 1. The molecule has 1 heterocycles. The van der Waals surface area contributed by atoms with Gasteiger partial charge in [-0.05, 0) is 6.07 Å². The highest BCUT2D eigenvalue weighted by molar-refractivity contribution is 5.83. The van der Waals surface area contributed by atoms with E-state index in [1.165, 1.54) is 0 Å². The van der Waals surface area contributed by atoms with Gasteiger partial charge in [0.05, 0.1) is 13.0 Å². The van der Waals surface area contributed by atoms with Gasteiger partial charge in [0.2, 0.25) is 5.91 Å². The summed E-state index contributed by atoms with van der Waals surface area (Å²) in [6.07, 6.45) is 0.318. The number of carbonyl (C=O) groups excluding carboxylic acids is 1. The first-order valence-corrected chi connectivity index (χ1v) is 5.54. The zero-order chi connectivity index (χ0) is 12.1. The first kappa shape index (κ1) is 11.7. The molecule has 0 aliphatic heterocycles. The average molecular weight is 231 g/mol. The maximum Gasteiger partial charge on any atom is 0.226 e. The third-order valence-electron chi connectivity index (χ3n) is 2.46. The molecule has 1 radical (unpaired) electrons. The summed E-state index contributed by atoms with van der Waals surface area (Å²) in [5.41, 5.74) is 1.81. The van der Waals surface area contributed by atoms with Gasteiger partial charge in [-0.3, -0.25) is 4.79 Å². The van der Waals surface area contributed by atoms with Crippen LogP contribution in [-0.2, 0) is 16.0 Å². The fourth-order valence-electron chi connectivity index (χ4n) is 1.66. The van der Waals surface area contributed by atoms with Gasteiger partial charge in [0.15, 0.2) is 0 Å². The molecular weight excluding hydrogens is 216 g/mol. The monoisotopic (exact) mass is 231 g/mol. The van der Waals surface area contributed by atoms with Crippen molar-refractivity contribution in [3.05, 3.63) is 36.0 Å². The summed E-state index contributed by atoms with van der Waals surface area (Å²) >= 11 is 0. The number of fused-ring (bicyclic) bond motifs is 1. The minimum absolute atomic E-state index is 0.0233. The SMILES string of the molecule is COCCNC(=O)Cc1[c]c2ccccc2[nH]1. The molecule has 1 aromatic carbocycles. The van der Waals surface area contributed by atoms with Crippen molar-refractivity contribution in [1.82, 2.24) is 10.3 Å². The van der Waals surface area contributed by atoms with Gasteiger partial charge in [-0.1, -0.05) is 18.2 Å². The number of benzene rings is 1. The van der Waals surface area contributed by atoms with Crippen molar-refractivity contribution in [3.8, 4) is 0 Å². The molecule has 1 amide bonds. The maximum atomic E-state index is 11.6. The van der Waals surface area contributed by atoms with Crippen LogP contribution in [0.25, 0.3) is 10.9 Å². The van der Waals surface area contributed by atoms with Gasteiger partial charge in [-0.2, -0.15) is 0 Å². The van der Waals surface area contributed by atoms with E-state index < -0.39 is 0 Å². The zero-order valence-electron chi connectivity index (χ0n) is 9.75. The molecule has 0 aliphatic carbocycles. The molecule has 1 aromatic heterocycles. The number of rotatable bonds is 5. The average Bonchev–Trinajstić information content (AvgIpc) is 2.71. The van der Waals surface area contributed by atoms with Crippen LogP contribution >= 0.6 is 0 Å². The maximum absolute atomic E-state index is 11.6. The Morgan fingerprint density at radius 3 is 3.06 bits per heavy atom. The minimum Gasteiger partial charge on any atom is -0.383 e. The van der Waals surface area contributed by atoms with Crippen LogP contribution in [0.3, 0.4) is 0 Å². The quantitative estimate of drug-likeness (QED) is 0.761. The lowest BCUT2D eigenvalue weighted by molar-refractivity contribution is -0.120. The van der Waals surface area contributed by atoms with E-state index in [-0.39, 0.29) is 5.91 Å². The van der Waals surface area contributed by atoms with E-state index in [1.54, 1.807) is 7.11 Å². The molecule has 0 saturated heterocycles. The zero-order valence-corrected chi connectivity index (χ0v) is 9.75. The lowest BCUT2D eigenvalue weighted by Crippen LogP contribution is -2.28. The molecule has 0 bridgehead atoms. The summed E-state index contributed by atoms with van der Waals surface area (Å²) in [7, 11) is 1.61. The third kappa shape index (κ3) is 3.07. The molecule has 0 saturated carbocycles. The second-order valence-electron chi connectivity index (χ2n) is 3.79. The number of nitrogens with one attached hydrogen (secondary N) is 2. The number of H-pyrrole nitrogens is 1. The van der Waals surface area contributed by atoms with E-state index in [0.717, 1.165) is 16.6 Å². The summed E-state index contributed by atoms with van der Waals surface area (Å²) in [4.78, 5) is 14.7. The van der Waals surface area contributed by atoms with E-state index >= 15 is 0 Å². The van der Waals surface area contributed by atoms with Crippen LogP contribution < -0.4 is 5.32 Å². The van der Waals surface area contributed by atoms with E-state index in [9.17, 15) is 4.79 Å². The van der Waals surface area contributed by atoms with Crippen LogP contribution in [0.15, 0.2) is 24.3 Å². The van der Waals surface area contributed by atoms with Crippen molar-refractivity contribution in [2.75, 3.05) is 20.3 Å². The molecule has 89 valence electrons. The van der Waals surface area contributed by atoms with E-state index in [0.29, 0.717) is 19.6 Å². The van der Waals surface area contributed by atoms with Gasteiger partial charge < -0.3 is 15.0 Å². The van der Waals surface area contributed by atoms with Crippen LogP contribution in [0, 0.1) is 6.07 Å².